The highest BCUT2D eigenvalue weighted by atomic mass is 17.1. The van der Waals surface area contributed by atoms with Crippen molar-refractivity contribution in [2.24, 2.45) is 0 Å². The monoisotopic (exact) mass is 315 g/mol. The van der Waals surface area contributed by atoms with Gasteiger partial charge in [0.15, 0.2) is 11.3 Å². The van der Waals surface area contributed by atoms with Crippen molar-refractivity contribution < 1.29 is 24.1 Å². The van der Waals surface area contributed by atoms with Crippen molar-refractivity contribution in [2.45, 2.75) is 6.54 Å². The Morgan fingerprint density at radius 2 is 2.09 bits per heavy atom. The molecule has 7 nitrogen and oxygen atoms in total. The average molecular weight is 315 g/mol. The van der Waals surface area contributed by atoms with E-state index in [9.17, 15) is 9.59 Å². The Bertz CT molecular complexity index is 924. The summed E-state index contributed by atoms with van der Waals surface area (Å²) in [6.07, 6.45) is 0. The third-order valence-electron chi connectivity index (χ3n) is 3.43. The topological polar surface area (TPSA) is 90.9 Å². The van der Waals surface area contributed by atoms with Gasteiger partial charge in [-0.3, -0.25) is 4.57 Å². The molecule has 0 aliphatic heterocycles. The average Bonchev–Trinajstić information content (AvgIpc) is 2.89. The molecule has 3 aromatic rings. The number of hydrogen-bond donors (Lipinski definition) is 1. The van der Waals surface area contributed by atoms with Gasteiger partial charge >= 0.3 is 11.7 Å². The number of esters is 1. The van der Waals surface area contributed by atoms with Crippen LogP contribution in [0.2, 0.25) is 0 Å². The summed E-state index contributed by atoms with van der Waals surface area (Å²) in [4.78, 5) is 27.9. The number of nitrogens with zero attached hydrogens (tertiary/aromatic N) is 1. The van der Waals surface area contributed by atoms with E-state index in [-0.39, 0.29) is 12.3 Å². The van der Waals surface area contributed by atoms with Gasteiger partial charge in [-0.2, -0.15) is 0 Å². The summed E-state index contributed by atoms with van der Waals surface area (Å²) < 4.78 is 11.2. The van der Waals surface area contributed by atoms with Gasteiger partial charge < -0.3 is 14.0 Å². The summed E-state index contributed by atoms with van der Waals surface area (Å²) in [5, 5.41) is 8.70. The third-order valence-corrected chi connectivity index (χ3v) is 3.43. The van der Waals surface area contributed by atoms with Crippen molar-refractivity contribution in [3.05, 3.63) is 64.1 Å². The lowest BCUT2D eigenvalue weighted by molar-refractivity contribution is -0.137. The first-order valence-electron chi connectivity index (χ1n) is 6.74. The molecule has 0 saturated carbocycles. The van der Waals surface area contributed by atoms with Crippen molar-refractivity contribution in [1.82, 2.24) is 4.57 Å². The minimum Gasteiger partial charge on any atom is -0.465 e. The van der Waals surface area contributed by atoms with Crippen molar-refractivity contribution in [3.63, 3.8) is 0 Å². The Labute approximate surface area is 130 Å². The Morgan fingerprint density at radius 1 is 1.26 bits per heavy atom. The van der Waals surface area contributed by atoms with Crippen LogP contribution in [0.5, 0.6) is 5.75 Å². The number of ether oxygens (including phenoxy) is 1. The van der Waals surface area contributed by atoms with Crippen molar-refractivity contribution in [1.29, 1.82) is 0 Å². The molecule has 0 fully saturated rings. The normalized spacial score (nSPS) is 10.7. The van der Waals surface area contributed by atoms with Crippen LogP contribution in [0.1, 0.15) is 15.9 Å². The third kappa shape index (κ3) is 2.82. The van der Waals surface area contributed by atoms with Crippen LogP contribution in [0.25, 0.3) is 11.1 Å². The molecule has 0 aliphatic rings. The Hall–Kier alpha value is -3.06. The molecule has 0 amide bonds. The molecule has 1 heterocycles. The first-order chi connectivity index (χ1) is 11.1. The lowest BCUT2D eigenvalue weighted by atomic mass is 10.2. The molecule has 0 atom stereocenters. The Kier molecular flexibility index (Phi) is 3.86. The summed E-state index contributed by atoms with van der Waals surface area (Å²) >= 11 is 0. The standard InChI is InChI=1S/C16H13NO6/c1-21-15(18)11-5-6-14-13(8-11)17(16(19)22-14)9-10-3-2-4-12(7-10)23-20/h2-8,20H,9H2,1H3. The highest BCUT2D eigenvalue weighted by Crippen LogP contribution is 2.19. The fourth-order valence-electron chi connectivity index (χ4n) is 2.34. The number of fused-ring (bicyclic) bond motifs is 1. The SMILES string of the molecule is COC(=O)c1ccc2oc(=O)n(Cc3cccc(OO)c3)c2c1. The Morgan fingerprint density at radius 3 is 2.83 bits per heavy atom. The molecule has 0 unspecified atom stereocenters. The van der Waals surface area contributed by atoms with E-state index in [0.29, 0.717) is 16.7 Å². The molecular weight excluding hydrogens is 302 g/mol. The van der Waals surface area contributed by atoms with E-state index in [1.807, 2.05) is 0 Å². The van der Waals surface area contributed by atoms with Gasteiger partial charge in [-0.15, -0.1) is 0 Å². The summed E-state index contributed by atoms with van der Waals surface area (Å²) in [6, 6.07) is 11.3. The van der Waals surface area contributed by atoms with E-state index >= 15 is 0 Å². The van der Waals surface area contributed by atoms with Crippen LogP contribution in [-0.2, 0) is 11.3 Å². The van der Waals surface area contributed by atoms with Crippen LogP contribution >= 0.6 is 0 Å². The molecule has 0 bridgehead atoms. The predicted octanol–water partition coefficient (Wildman–Crippen LogP) is 2.28. The van der Waals surface area contributed by atoms with Crippen molar-refractivity contribution >= 4 is 17.1 Å². The molecule has 23 heavy (non-hydrogen) atoms. The zero-order valence-electron chi connectivity index (χ0n) is 12.2. The maximum atomic E-state index is 12.0. The molecule has 2 aromatic carbocycles. The van der Waals surface area contributed by atoms with Crippen molar-refractivity contribution in [3.8, 4) is 5.75 Å². The fraction of sp³-hybridized carbons (Fsp3) is 0.125. The predicted molar refractivity (Wildman–Crippen MR) is 80.6 cm³/mol. The van der Waals surface area contributed by atoms with E-state index in [4.69, 9.17) is 9.67 Å². The van der Waals surface area contributed by atoms with E-state index in [2.05, 4.69) is 9.62 Å². The molecule has 1 aromatic heterocycles. The fourth-order valence-corrected chi connectivity index (χ4v) is 2.34. The molecular formula is C16H13NO6. The molecule has 7 heteroatoms. The van der Waals surface area contributed by atoms with Crippen LogP contribution in [-0.4, -0.2) is 22.9 Å². The molecule has 0 spiro atoms. The second-order valence-electron chi connectivity index (χ2n) is 4.87. The minimum absolute atomic E-state index is 0.202. The highest BCUT2D eigenvalue weighted by Gasteiger charge is 2.14. The lowest BCUT2D eigenvalue weighted by Crippen LogP contribution is -2.15. The number of aromatic nitrogens is 1. The van der Waals surface area contributed by atoms with Gasteiger partial charge in [0.1, 0.15) is 0 Å². The second-order valence-corrected chi connectivity index (χ2v) is 4.87. The zero-order chi connectivity index (χ0) is 16.4. The number of oxazole rings is 1. The molecule has 0 radical (unpaired) electrons. The molecule has 1 N–H and O–H groups in total. The van der Waals surface area contributed by atoms with Gasteiger partial charge in [0, 0.05) is 0 Å². The first kappa shape index (κ1) is 14.9. The summed E-state index contributed by atoms with van der Waals surface area (Å²) in [5.41, 5.74) is 1.90. The quantitative estimate of drug-likeness (QED) is 0.451. The lowest BCUT2D eigenvalue weighted by Gasteiger charge is -2.05. The number of methoxy groups -OCH3 is 1. The largest absolute Gasteiger partial charge is 0.465 e. The smallest absolute Gasteiger partial charge is 0.420 e. The summed E-state index contributed by atoms with van der Waals surface area (Å²) in [7, 11) is 1.29. The minimum atomic E-state index is -0.544. The van der Waals surface area contributed by atoms with Crippen LogP contribution < -0.4 is 10.6 Å². The summed E-state index contributed by atoms with van der Waals surface area (Å²) in [6.45, 7) is 0.202. The van der Waals surface area contributed by atoms with Gasteiger partial charge in [-0.25, -0.2) is 14.8 Å². The molecule has 0 aliphatic carbocycles. The van der Waals surface area contributed by atoms with E-state index in [1.165, 1.54) is 17.7 Å². The molecule has 0 saturated heterocycles. The number of carbonyl (C=O) groups is 1. The maximum absolute atomic E-state index is 12.0. The first-order valence-corrected chi connectivity index (χ1v) is 6.74. The second kappa shape index (κ2) is 5.98. The van der Waals surface area contributed by atoms with Crippen LogP contribution in [0, 0.1) is 0 Å². The van der Waals surface area contributed by atoms with Gasteiger partial charge in [0.2, 0.25) is 0 Å². The Balaban J connectivity index is 2.07. The van der Waals surface area contributed by atoms with Gasteiger partial charge in [0.05, 0.1) is 24.7 Å². The van der Waals surface area contributed by atoms with E-state index < -0.39 is 11.7 Å². The van der Waals surface area contributed by atoms with E-state index in [0.717, 1.165) is 5.56 Å². The van der Waals surface area contributed by atoms with Crippen LogP contribution in [0.15, 0.2) is 51.7 Å². The van der Waals surface area contributed by atoms with E-state index in [1.54, 1.807) is 36.4 Å². The van der Waals surface area contributed by atoms with Crippen LogP contribution in [0.4, 0.5) is 0 Å². The maximum Gasteiger partial charge on any atom is 0.420 e. The summed E-state index contributed by atoms with van der Waals surface area (Å²) in [5.74, 6) is -0.779. The van der Waals surface area contributed by atoms with Crippen LogP contribution in [0.3, 0.4) is 0 Å². The number of benzene rings is 2. The van der Waals surface area contributed by atoms with Gasteiger partial charge in [0.25, 0.3) is 0 Å². The number of carbonyl (C=O) groups excluding carboxylic acids is 1. The molecule has 3 rings (SSSR count). The van der Waals surface area contributed by atoms with Gasteiger partial charge in [-0.05, 0) is 35.9 Å². The number of hydrogen-bond acceptors (Lipinski definition) is 6. The zero-order valence-corrected chi connectivity index (χ0v) is 12.2. The number of rotatable bonds is 4. The highest BCUT2D eigenvalue weighted by molar-refractivity contribution is 5.93. The molecule has 118 valence electrons. The van der Waals surface area contributed by atoms with Gasteiger partial charge in [-0.1, -0.05) is 12.1 Å². The van der Waals surface area contributed by atoms with Crippen molar-refractivity contribution in [2.75, 3.05) is 7.11 Å².